The fourth-order valence-corrected chi connectivity index (χ4v) is 2.70. The molecule has 0 bridgehead atoms. The van der Waals surface area contributed by atoms with Crippen LogP contribution < -0.4 is 5.73 Å². The summed E-state index contributed by atoms with van der Waals surface area (Å²) >= 11 is 0. The molecule has 0 aromatic heterocycles. The molecule has 3 N–H and O–H groups in total. The average molecular weight is 284 g/mol. The summed E-state index contributed by atoms with van der Waals surface area (Å²) in [5.74, 6) is -0.929. The molecule has 1 aliphatic rings. The Morgan fingerprint density at radius 1 is 1.35 bits per heavy atom. The summed E-state index contributed by atoms with van der Waals surface area (Å²) in [7, 11) is 0. The van der Waals surface area contributed by atoms with E-state index < -0.39 is 11.6 Å². The normalized spacial score (nSPS) is 25.6. The molecular formula is C15H22F2N2O. The van der Waals surface area contributed by atoms with Gasteiger partial charge in [-0.3, -0.25) is 0 Å². The van der Waals surface area contributed by atoms with Gasteiger partial charge in [0.25, 0.3) is 0 Å². The summed E-state index contributed by atoms with van der Waals surface area (Å²) in [5.41, 5.74) is 6.50. The lowest BCUT2D eigenvalue weighted by Crippen LogP contribution is -2.42. The van der Waals surface area contributed by atoms with E-state index in [1.54, 1.807) is 0 Å². The van der Waals surface area contributed by atoms with Gasteiger partial charge < -0.3 is 15.7 Å². The third-order valence-corrected chi connectivity index (χ3v) is 4.01. The van der Waals surface area contributed by atoms with Gasteiger partial charge >= 0.3 is 0 Å². The fourth-order valence-electron chi connectivity index (χ4n) is 2.70. The number of aliphatic hydroxyl groups excluding tert-OH is 1. The molecule has 3 atom stereocenters. The van der Waals surface area contributed by atoms with Gasteiger partial charge in [0.1, 0.15) is 11.6 Å². The van der Waals surface area contributed by atoms with Gasteiger partial charge in [0.15, 0.2) is 0 Å². The number of halogens is 2. The van der Waals surface area contributed by atoms with Crippen LogP contribution in [-0.4, -0.2) is 35.7 Å². The largest absolute Gasteiger partial charge is 0.393 e. The molecule has 3 nitrogen and oxygen atoms in total. The number of nitrogens with zero attached hydrogens (tertiary/aromatic N) is 1. The van der Waals surface area contributed by atoms with Gasteiger partial charge in [-0.05, 0) is 43.0 Å². The topological polar surface area (TPSA) is 49.5 Å². The minimum Gasteiger partial charge on any atom is -0.393 e. The highest BCUT2D eigenvalue weighted by molar-refractivity contribution is 5.21. The molecule has 0 amide bonds. The van der Waals surface area contributed by atoms with E-state index in [9.17, 15) is 13.9 Å². The van der Waals surface area contributed by atoms with Crippen LogP contribution in [0.1, 0.15) is 31.4 Å². The van der Waals surface area contributed by atoms with Gasteiger partial charge in [-0.2, -0.15) is 0 Å². The van der Waals surface area contributed by atoms with Crippen molar-refractivity contribution >= 4 is 0 Å². The van der Waals surface area contributed by atoms with Crippen LogP contribution in [0.4, 0.5) is 8.78 Å². The molecule has 1 aliphatic heterocycles. The molecule has 1 fully saturated rings. The number of benzene rings is 1. The lowest BCUT2D eigenvalue weighted by Gasteiger charge is -2.34. The third kappa shape index (κ3) is 3.98. The van der Waals surface area contributed by atoms with Crippen molar-refractivity contribution in [1.29, 1.82) is 0 Å². The molecule has 3 unspecified atom stereocenters. The molecule has 20 heavy (non-hydrogen) atoms. The van der Waals surface area contributed by atoms with E-state index in [1.165, 1.54) is 12.1 Å². The number of nitrogens with two attached hydrogens (primary N) is 1. The molecule has 1 heterocycles. The smallest absolute Gasteiger partial charge is 0.126 e. The highest BCUT2D eigenvalue weighted by Gasteiger charge is 2.24. The Morgan fingerprint density at radius 2 is 2.00 bits per heavy atom. The first kappa shape index (κ1) is 15.4. The van der Waals surface area contributed by atoms with Gasteiger partial charge in [0.2, 0.25) is 0 Å². The Hall–Kier alpha value is -1.04. The summed E-state index contributed by atoms with van der Waals surface area (Å²) in [6, 6.07) is 3.05. The molecule has 1 aromatic carbocycles. The Balaban J connectivity index is 1.87. The maximum atomic E-state index is 13.1. The number of hydrogen-bond acceptors (Lipinski definition) is 3. The second-order valence-electron chi connectivity index (χ2n) is 5.73. The summed E-state index contributed by atoms with van der Waals surface area (Å²) < 4.78 is 26.3. The summed E-state index contributed by atoms with van der Waals surface area (Å²) in [6.45, 7) is 4.48. The van der Waals surface area contributed by atoms with E-state index in [0.29, 0.717) is 12.0 Å². The van der Waals surface area contributed by atoms with Crippen LogP contribution in [0.5, 0.6) is 0 Å². The van der Waals surface area contributed by atoms with Gasteiger partial charge in [0.05, 0.1) is 6.10 Å². The number of aliphatic hydroxyl groups is 1. The predicted octanol–water partition coefficient (Wildman–Crippen LogP) is 2.06. The fraction of sp³-hybridized carbons (Fsp3) is 0.600. The zero-order chi connectivity index (χ0) is 14.7. The maximum Gasteiger partial charge on any atom is 0.126 e. The minimum atomic E-state index is -0.592. The van der Waals surface area contributed by atoms with Crippen LogP contribution in [0.15, 0.2) is 18.2 Å². The molecule has 0 saturated carbocycles. The van der Waals surface area contributed by atoms with Crippen LogP contribution in [-0.2, 0) is 0 Å². The monoisotopic (exact) mass is 284 g/mol. The van der Waals surface area contributed by atoms with Crippen LogP contribution >= 0.6 is 0 Å². The van der Waals surface area contributed by atoms with E-state index in [4.69, 9.17) is 5.73 Å². The number of hydrogen-bond donors (Lipinski definition) is 2. The Kier molecular flexibility index (Phi) is 5.07. The number of rotatable bonds is 4. The number of likely N-dealkylation sites (tertiary alicyclic amines) is 1. The molecule has 5 heteroatoms. The van der Waals surface area contributed by atoms with Crippen LogP contribution in [0, 0.1) is 17.6 Å². The third-order valence-electron chi connectivity index (χ3n) is 4.01. The first-order valence-corrected chi connectivity index (χ1v) is 7.07. The lowest BCUT2D eigenvalue weighted by molar-refractivity contribution is 0.0341. The van der Waals surface area contributed by atoms with E-state index in [-0.39, 0.29) is 18.1 Å². The summed E-state index contributed by atoms with van der Waals surface area (Å²) in [4.78, 5) is 2.24. The van der Waals surface area contributed by atoms with Crippen molar-refractivity contribution in [3.8, 4) is 0 Å². The van der Waals surface area contributed by atoms with Crippen molar-refractivity contribution in [2.45, 2.75) is 31.9 Å². The van der Waals surface area contributed by atoms with Crippen LogP contribution in [0.2, 0.25) is 0 Å². The molecule has 0 spiro atoms. The highest BCUT2D eigenvalue weighted by Crippen LogP contribution is 2.20. The van der Waals surface area contributed by atoms with Crippen molar-refractivity contribution in [3.63, 3.8) is 0 Å². The number of piperidine rings is 1. The van der Waals surface area contributed by atoms with E-state index in [1.807, 2.05) is 6.92 Å². The molecule has 112 valence electrons. The minimum absolute atomic E-state index is 0.225. The van der Waals surface area contributed by atoms with Gasteiger partial charge in [0, 0.05) is 25.2 Å². The highest BCUT2D eigenvalue weighted by atomic mass is 19.1. The zero-order valence-corrected chi connectivity index (χ0v) is 11.7. The van der Waals surface area contributed by atoms with Crippen molar-refractivity contribution in [2.24, 2.45) is 11.7 Å². The van der Waals surface area contributed by atoms with Crippen molar-refractivity contribution in [2.75, 3.05) is 19.6 Å². The van der Waals surface area contributed by atoms with E-state index >= 15 is 0 Å². The SMILES string of the molecule is CC1CN(CCC(N)c2cc(F)cc(F)c2)CCC1O. The second kappa shape index (κ2) is 6.61. The predicted molar refractivity (Wildman–Crippen MR) is 74.1 cm³/mol. The maximum absolute atomic E-state index is 13.1. The quantitative estimate of drug-likeness (QED) is 0.890. The Morgan fingerprint density at radius 3 is 2.60 bits per heavy atom. The lowest BCUT2D eigenvalue weighted by atomic mass is 9.96. The first-order chi connectivity index (χ1) is 9.45. The Labute approximate surface area is 118 Å². The van der Waals surface area contributed by atoms with E-state index in [2.05, 4.69) is 4.90 Å². The standard InChI is InChI=1S/C15H22F2N2O/c1-10-9-19(5-3-15(10)20)4-2-14(18)11-6-12(16)8-13(17)7-11/h6-8,10,14-15,20H,2-5,9,18H2,1H3. The molecule has 0 aliphatic carbocycles. The van der Waals surface area contributed by atoms with Gasteiger partial charge in [-0.1, -0.05) is 6.92 Å². The van der Waals surface area contributed by atoms with E-state index in [0.717, 1.165) is 32.1 Å². The summed E-state index contributed by atoms with van der Waals surface area (Å²) in [5, 5.41) is 9.68. The van der Waals surface area contributed by atoms with Crippen molar-refractivity contribution in [1.82, 2.24) is 4.90 Å². The van der Waals surface area contributed by atoms with Crippen molar-refractivity contribution in [3.05, 3.63) is 35.4 Å². The van der Waals surface area contributed by atoms with Crippen LogP contribution in [0.25, 0.3) is 0 Å². The molecular weight excluding hydrogens is 262 g/mol. The van der Waals surface area contributed by atoms with Crippen LogP contribution in [0.3, 0.4) is 0 Å². The second-order valence-corrected chi connectivity index (χ2v) is 5.73. The first-order valence-electron chi connectivity index (χ1n) is 7.07. The molecule has 2 rings (SSSR count). The molecule has 0 radical (unpaired) electrons. The average Bonchev–Trinajstić information content (AvgIpc) is 2.38. The van der Waals surface area contributed by atoms with Gasteiger partial charge in [-0.15, -0.1) is 0 Å². The summed E-state index contributed by atoms with van der Waals surface area (Å²) in [6.07, 6.45) is 1.19. The molecule has 1 aromatic rings. The molecule has 1 saturated heterocycles. The Bertz CT molecular complexity index is 435. The van der Waals surface area contributed by atoms with Gasteiger partial charge in [-0.25, -0.2) is 8.78 Å². The zero-order valence-electron chi connectivity index (χ0n) is 11.7. The van der Waals surface area contributed by atoms with Crippen molar-refractivity contribution < 1.29 is 13.9 Å².